The maximum atomic E-state index is 12.5. The standard InChI is InChI=1S/C19H21N5O3/c1-3-10-20-19(26)17-15(12-24(4-2)22-17)21-18(25)14-11-16(27-23-14)13-8-6-5-7-9-13/h5-9,11-12H,3-4,10H2,1-2H3,(H,20,26)(H,21,25). The predicted octanol–water partition coefficient (Wildman–Crippen LogP) is 2.95. The van der Waals surface area contributed by atoms with Gasteiger partial charge in [-0.2, -0.15) is 5.10 Å². The van der Waals surface area contributed by atoms with Crippen molar-refractivity contribution in [1.82, 2.24) is 20.3 Å². The van der Waals surface area contributed by atoms with Crippen LogP contribution >= 0.6 is 0 Å². The van der Waals surface area contributed by atoms with Crippen molar-refractivity contribution in [2.45, 2.75) is 26.8 Å². The molecule has 1 aromatic carbocycles. The molecule has 0 radical (unpaired) electrons. The number of hydrogen-bond donors (Lipinski definition) is 2. The second-order valence-electron chi connectivity index (χ2n) is 5.90. The highest BCUT2D eigenvalue weighted by Crippen LogP contribution is 2.21. The summed E-state index contributed by atoms with van der Waals surface area (Å²) in [7, 11) is 0. The predicted molar refractivity (Wildman–Crippen MR) is 100 cm³/mol. The molecule has 0 bridgehead atoms. The van der Waals surface area contributed by atoms with Gasteiger partial charge in [-0.3, -0.25) is 14.3 Å². The van der Waals surface area contributed by atoms with Gasteiger partial charge in [0.1, 0.15) is 0 Å². The maximum absolute atomic E-state index is 12.5. The van der Waals surface area contributed by atoms with E-state index in [0.29, 0.717) is 24.5 Å². The first-order chi connectivity index (χ1) is 13.1. The van der Waals surface area contributed by atoms with Crippen molar-refractivity contribution in [3.63, 3.8) is 0 Å². The van der Waals surface area contributed by atoms with Crippen molar-refractivity contribution in [1.29, 1.82) is 0 Å². The van der Waals surface area contributed by atoms with Crippen LogP contribution in [0.15, 0.2) is 47.1 Å². The molecule has 0 atom stereocenters. The normalized spacial score (nSPS) is 10.6. The van der Waals surface area contributed by atoms with Crippen LogP contribution in [0.4, 0.5) is 5.69 Å². The van der Waals surface area contributed by atoms with Gasteiger partial charge in [-0.1, -0.05) is 42.4 Å². The van der Waals surface area contributed by atoms with Crippen molar-refractivity contribution < 1.29 is 14.1 Å². The fourth-order valence-electron chi connectivity index (χ4n) is 2.47. The number of nitrogens with one attached hydrogen (secondary N) is 2. The highest BCUT2D eigenvalue weighted by molar-refractivity contribution is 6.07. The number of aromatic nitrogens is 3. The van der Waals surface area contributed by atoms with Crippen molar-refractivity contribution in [2.24, 2.45) is 0 Å². The Morgan fingerprint density at radius 2 is 1.93 bits per heavy atom. The van der Waals surface area contributed by atoms with Gasteiger partial charge in [-0.05, 0) is 13.3 Å². The third kappa shape index (κ3) is 4.22. The molecule has 0 spiro atoms. The van der Waals surface area contributed by atoms with Gasteiger partial charge in [0.2, 0.25) is 0 Å². The third-order valence-corrected chi connectivity index (χ3v) is 3.89. The largest absolute Gasteiger partial charge is 0.355 e. The van der Waals surface area contributed by atoms with Crippen LogP contribution in [0, 0.1) is 0 Å². The Hall–Kier alpha value is -3.42. The third-order valence-electron chi connectivity index (χ3n) is 3.89. The summed E-state index contributed by atoms with van der Waals surface area (Å²) in [5.74, 6) is -0.309. The second-order valence-corrected chi connectivity index (χ2v) is 5.90. The molecular formula is C19H21N5O3. The zero-order chi connectivity index (χ0) is 19.2. The van der Waals surface area contributed by atoms with E-state index in [2.05, 4.69) is 20.9 Å². The van der Waals surface area contributed by atoms with Crippen LogP contribution < -0.4 is 10.6 Å². The number of aryl methyl sites for hydroxylation is 1. The number of carbonyl (C=O) groups excluding carboxylic acids is 2. The minimum Gasteiger partial charge on any atom is -0.355 e. The summed E-state index contributed by atoms with van der Waals surface area (Å²) in [6.07, 6.45) is 2.43. The first-order valence-electron chi connectivity index (χ1n) is 8.81. The molecule has 0 unspecified atom stereocenters. The quantitative estimate of drug-likeness (QED) is 0.668. The molecule has 0 aliphatic heterocycles. The molecule has 0 fully saturated rings. The SMILES string of the molecule is CCCNC(=O)c1nn(CC)cc1NC(=O)c1cc(-c2ccccc2)on1. The number of anilines is 1. The lowest BCUT2D eigenvalue weighted by molar-refractivity contribution is 0.0948. The minimum atomic E-state index is -0.471. The van der Waals surface area contributed by atoms with E-state index in [9.17, 15) is 9.59 Å². The summed E-state index contributed by atoms with van der Waals surface area (Å²) < 4.78 is 6.85. The number of rotatable bonds is 7. The Morgan fingerprint density at radius 3 is 2.63 bits per heavy atom. The van der Waals surface area contributed by atoms with E-state index in [1.165, 1.54) is 0 Å². The topological polar surface area (TPSA) is 102 Å². The fourth-order valence-corrected chi connectivity index (χ4v) is 2.47. The lowest BCUT2D eigenvalue weighted by Gasteiger charge is -2.04. The first kappa shape index (κ1) is 18.4. The number of hydrogen-bond acceptors (Lipinski definition) is 5. The molecule has 2 heterocycles. The van der Waals surface area contributed by atoms with Gasteiger partial charge in [0.25, 0.3) is 11.8 Å². The average Bonchev–Trinajstić information content (AvgIpc) is 3.34. The van der Waals surface area contributed by atoms with E-state index in [1.807, 2.05) is 44.2 Å². The van der Waals surface area contributed by atoms with E-state index in [4.69, 9.17) is 4.52 Å². The van der Waals surface area contributed by atoms with Gasteiger partial charge < -0.3 is 15.2 Å². The molecular weight excluding hydrogens is 346 g/mol. The molecule has 3 aromatic rings. The minimum absolute atomic E-state index is 0.123. The maximum Gasteiger partial charge on any atom is 0.277 e. The van der Waals surface area contributed by atoms with Crippen molar-refractivity contribution in [3.8, 4) is 11.3 Å². The van der Waals surface area contributed by atoms with Gasteiger partial charge in [0, 0.05) is 30.9 Å². The Labute approximate surface area is 156 Å². The average molecular weight is 367 g/mol. The van der Waals surface area contributed by atoms with Gasteiger partial charge >= 0.3 is 0 Å². The molecule has 27 heavy (non-hydrogen) atoms. The van der Waals surface area contributed by atoms with Crippen LogP contribution in [0.25, 0.3) is 11.3 Å². The van der Waals surface area contributed by atoms with E-state index < -0.39 is 5.91 Å². The molecule has 0 aliphatic carbocycles. The van der Waals surface area contributed by atoms with Gasteiger partial charge in [0.05, 0.1) is 5.69 Å². The smallest absolute Gasteiger partial charge is 0.277 e. The Bertz CT molecular complexity index is 930. The van der Waals surface area contributed by atoms with Gasteiger partial charge in [-0.25, -0.2) is 0 Å². The monoisotopic (exact) mass is 367 g/mol. The Balaban J connectivity index is 1.79. The highest BCUT2D eigenvalue weighted by Gasteiger charge is 2.20. The van der Waals surface area contributed by atoms with E-state index in [0.717, 1.165) is 12.0 Å². The zero-order valence-corrected chi connectivity index (χ0v) is 15.2. The van der Waals surface area contributed by atoms with Gasteiger partial charge in [-0.15, -0.1) is 0 Å². The summed E-state index contributed by atoms with van der Waals surface area (Å²) in [6.45, 7) is 4.97. The summed E-state index contributed by atoms with van der Waals surface area (Å²) in [5, 5.41) is 13.5. The lowest BCUT2D eigenvalue weighted by Crippen LogP contribution is -2.26. The van der Waals surface area contributed by atoms with Crippen molar-refractivity contribution >= 4 is 17.5 Å². The zero-order valence-electron chi connectivity index (χ0n) is 15.2. The Morgan fingerprint density at radius 1 is 1.15 bits per heavy atom. The molecule has 0 saturated heterocycles. The van der Waals surface area contributed by atoms with E-state index >= 15 is 0 Å². The molecule has 2 N–H and O–H groups in total. The number of benzene rings is 1. The van der Waals surface area contributed by atoms with Crippen LogP contribution in [-0.4, -0.2) is 33.3 Å². The molecule has 2 aromatic heterocycles. The molecule has 140 valence electrons. The summed E-state index contributed by atoms with van der Waals surface area (Å²) in [4.78, 5) is 24.8. The van der Waals surface area contributed by atoms with Crippen molar-refractivity contribution in [2.75, 3.05) is 11.9 Å². The number of nitrogens with zero attached hydrogens (tertiary/aromatic N) is 3. The second kappa shape index (κ2) is 8.31. The van der Waals surface area contributed by atoms with Crippen LogP contribution in [0.2, 0.25) is 0 Å². The van der Waals surface area contributed by atoms with Crippen LogP contribution in [0.3, 0.4) is 0 Å². The van der Waals surface area contributed by atoms with E-state index in [1.54, 1.807) is 16.9 Å². The lowest BCUT2D eigenvalue weighted by atomic mass is 10.1. The van der Waals surface area contributed by atoms with E-state index in [-0.39, 0.29) is 17.3 Å². The first-order valence-corrected chi connectivity index (χ1v) is 8.81. The van der Waals surface area contributed by atoms with Crippen LogP contribution in [0.5, 0.6) is 0 Å². The Kier molecular flexibility index (Phi) is 5.65. The molecule has 0 saturated carbocycles. The summed E-state index contributed by atoms with van der Waals surface area (Å²) in [6, 6.07) is 10.9. The highest BCUT2D eigenvalue weighted by atomic mass is 16.5. The molecule has 2 amide bonds. The molecule has 0 aliphatic rings. The molecule has 8 nitrogen and oxygen atoms in total. The molecule has 8 heteroatoms. The van der Waals surface area contributed by atoms with Gasteiger partial charge in [0.15, 0.2) is 17.1 Å². The van der Waals surface area contributed by atoms with Crippen LogP contribution in [0.1, 0.15) is 41.2 Å². The molecule has 3 rings (SSSR count). The fraction of sp³-hybridized carbons (Fsp3) is 0.263. The number of carbonyl (C=O) groups is 2. The van der Waals surface area contributed by atoms with Crippen molar-refractivity contribution in [3.05, 3.63) is 54.0 Å². The van der Waals surface area contributed by atoms with Crippen LogP contribution in [-0.2, 0) is 6.54 Å². The summed E-state index contributed by atoms with van der Waals surface area (Å²) in [5.41, 5.74) is 1.45. The summed E-state index contributed by atoms with van der Waals surface area (Å²) >= 11 is 0. The number of amides is 2.